The van der Waals surface area contributed by atoms with Crippen LogP contribution < -0.4 is 15.5 Å². The molecule has 0 radical (unpaired) electrons. The number of anilines is 2. The molecule has 1 aliphatic heterocycles. The summed E-state index contributed by atoms with van der Waals surface area (Å²) in [4.78, 5) is 22.0. The van der Waals surface area contributed by atoms with Crippen LogP contribution >= 0.6 is 0 Å². The van der Waals surface area contributed by atoms with Crippen molar-refractivity contribution in [1.82, 2.24) is 24.9 Å². The van der Waals surface area contributed by atoms with Gasteiger partial charge in [0.1, 0.15) is 23.1 Å². The van der Waals surface area contributed by atoms with E-state index in [-0.39, 0.29) is 18.4 Å². The first-order chi connectivity index (χ1) is 17.1. The van der Waals surface area contributed by atoms with Gasteiger partial charge in [0.2, 0.25) is 0 Å². The molecule has 4 heterocycles. The average molecular weight is 476 g/mol. The van der Waals surface area contributed by atoms with Crippen LogP contribution in [0.25, 0.3) is 17.0 Å². The van der Waals surface area contributed by atoms with Gasteiger partial charge in [-0.1, -0.05) is 18.2 Å². The number of carbonyl (C=O) groups is 1. The van der Waals surface area contributed by atoms with Crippen LogP contribution in [0.2, 0.25) is 0 Å². The molecule has 180 valence electrons. The van der Waals surface area contributed by atoms with Crippen molar-refractivity contribution in [2.24, 2.45) is 0 Å². The first-order valence-corrected chi connectivity index (χ1v) is 11.6. The monoisotopic (exact) mass is 475 g/mol. The molecule has 9 nitrogen and oxygen atoms in total. The zero-order chi connectivity index (χ0) is 24.2. The Bertz CT molecular complexity index is 1340. The van der Waals surface area contributed by atoms with E-state index in [0.717, 1.165) is 36.5 Å². The topological polar surface area (TPSA) is 108 Å². The Kier molecular flexibility index (Phi) is 6.53. The second-order valence-electron chi connectivity index (χ2n) is 8.42. The molecule has 1 unspecified atom stereocenters. The Hall–Kier alpha value is -4.05. The minimum absolute atomic E-state index is 0.0722. The SMILES string of the molecule is O=C(O)CNCCNc1cccc(-c2cnc3ccc(N4CCCC4c4cccc(F)c4)nn23)n1. The largest absolute Gasteiger partial charge is 0.480 e. The highest BCUT2D eigenvalue weighted by Gasteiger charge is 2.28. The van der Waals surface area contributed by atoms with Crippen LogP contribution in [0.1, 0.15) is 24.4 Å². The summed E-state index contributed by atoms with van der Waals surface area (Å²) in [5.74, 6) is 0.367. The predicted molar refractivity (Wildman–Crippen MR) is 131 cm³/mol. The van der Waals surface area contributed by atoms with Crippen molar-refractivity contribution >= 4 is 23.3 Å². The number of rotatable bonds is 9. The summed E-state index contributed by atoms with van der Waals surface area (Å²) >= 11 is 0. The Balaban J connectivity index is 1.38. The summed E-state index contributed by atoms with van der Waals surface area (Å²) in [5, 5.41) is 19.6. The summed E-state index contributed by atoms with van der Waals surface area (Å²) in [6.45, 7) is 1.80. The molecular formula is C25H26FN7O2. The van der Waals surface area contributed by atoms with Gasteiger partial charge in [0, 0.05) is 19.6 Å². The third-order valence-electron chi connectivity index (χ3n) is 6.02. The quantitative estimate of drug-likeness (QED) is 0.316. The van der Waals surface area contributed by atoms with Crippen molar-refractivity contribution in [3.63, 3.8) is 0 Å². The van der Waals surface area contributed by atoms with Crippen LogP contribution in [0.5, 0.6) is 0 Å². The van der Waals surface area contributed by atoms with Crippen LogP contribution in [0, 0.1) is 5.82 Å². The van der Waals surface area contributed by atoms with Gasteiger partial charge in [-0.15, -0.1) is 5.10 Å². The maximum atomic E-state index is 13.9. The zero-order valence-electron chi connectivity index (χ0n) is 19.1. The molecule has 4 aromatic rings. The number of hydrogen-bond donors (Lipinski definition) is 3. The number of carboxylic acids is 1. The fourth-order valence-corrected chi connectivity index (χ4v) is 4.44. The first-order valence-electron chi connectivity index (χ1n) is 11.6. The highest BCUT2D eigenvalue weighted by Crippen LogP contribution is 2.35. The number of pyridine rings is 1. The number of carboxylic acid groups (broad SMARTS) is 1. The first kappa shape index (κ1) is 22.7. The van der Waals surface area contributed by atoms with E-state index in [4.69, 9.17) is 10.2 Å². The lowest BCUT2D eigenvalue weighted by Gasteiger charge is -2.26. The Morgan fingerprint density at radius 1 is 1.14 bits per heavy atom. The van der Waals surface area contributed by atoms with Crippen molar-refractivity contribution < 1.29 is 14.3 Å². The molecule has 0 bridgehead atoms. The fraction of sp³-hybridized carbons (Fsp3) is 0.280. The Morgan fingerprint density at radius 2 is 2.03 bits per heavy atom. The molecule has 5 rings (SSSR count). The number of benzene rings is 1. The third-order valence-corrected chi connectivity index (χ3v) is 6.02. The maximum absolute atomic E-state index is 13.9. The summed E-state index contributed by atoms with van der Waals surface area (Å²) in [6.07, 6.45) is 3.70. The molecule has 1 atom stereocenters. The van der Waals surface area contributed by atoms with Gasteiger partial charge in [-0.3, -0.25) is 4.79 Å². The number of nitrogens with zero attached hydrogens (tertiary/aromatic N) is 5. The lowest BCUT2D eigenvalue weighted by atomic mass is 10.0. The summed E-state index contributed by atoms with van der Waals surface area (Å²) in [6, 6.07) is 16.4. The predicted octanol–water partition coefficient (Wildman–Crippen LogP) is 3.36. The van der Waals surface area contributed by atoms with E-state index < -0.39 is 5.97 Å². The number of hydrogen-bond acceptors (Lipinski definition) is 7. The summed E-state index contributed by atoms with van der Waals surface area (Å²) in [5.41, 5.74) is 3.14. The van der Waals surface area contributed by atoms with Gasteiger partial charge in [0.05, 0.1) is 24.5 Å². The zero-order valence-corrected chi connectivity index (χ0v) is 19.1. The molecule has 0 amide bonds. The molecular weight excluding hydrogens is 449 g/mol. The van der Waals surface area contributed by atoms with Crippen molar-refractivity contribution in [1.29, 1.82) is 0 Å². The number of aromatic nitrogens is 4. The van der Waals surface area contributed by atoms with Gasteiger partial charge in [0.25, 0.3) is 0 Å². The van der Waals surface area contributed by atoms with Crippen LogP contribution in [0.15, 0.2) is 60.8 Å². The minimum Gasteiger partial charge on any atom is -0.480 e. The average Bonchev–Trinajstić information content (AvgIpc) is 3.51. The molecule has 1 aromatic carbocycles. The standard InChI is InChI=1S/C25H26FN7O2/c26-18-5-1-4-17(14-18)20-7-3-13-32(20)24-10-9-23-29-15-21(33(23)31-24)19-6-2-8-22(30-19)28-12-11-27-16-25(34)35/h1-2,4-6,8-10,14-15,20,27H,3,7,11-13,16H2,(H,28,30)(H,34,35). The van der Waals surface area contributed by atoms with Crippen LogP contribution in [0.3, 0.4) is 0 Å². The third kappa shape index (κ3) is 5.07. The minimum atomic E-state index is -0.888. The van der Waals surface area contributed by atoms with Gasteiger partial charge in [-0.25, -0.2) is 18.9 Å². The smallest absolute Gasteiger partial charge is 0.317 e. The second kappa shape index (κ2) is 10.1. The summed E-state index contributed by atoms with van der Waals surface area (Å²) in [7, 11) is 0. The van der Waals surface area contributed by atoms with Crippen LogP contribution in [0.4, 0.5) is 16.0 Å². The number of imidazole rings is 1. The molecule has 0 aliphatic carbocycles. The van der Waals surface area contributed by atoms with Gasteiger partial charge in [-0.05, 0) is 54.8 Å². The van der Waals surface area contributed by atoms with Gasteiger partial charge in [-0.2, -0.15) is 0 Å². The van der Waals surface area contributed by atoms with Crippen molar-refractivity contribution in [2.75, 3.05) is 36.4 Å². The van der Waals surface area contributed by atoms with E-state index in [2.05, 4.69) is 25.5 Å². The number of aliphatic carboxylic acids is 1. The maximum Gasteiger partial charge on any atom is 0.317 e. The molecule has 35 heavy (non-hydrogen) atoms. The van der Waals surface area contributed by atoms with Gasteiger partial charge >= 0.3 is 5.97 Å². The normalized spacial score (nSPS) is 15.6. The van der Waals surface area contributed by atoms with Crippen molar-refractivity contribution in [3.05, 3.63) is 72.2 Å². The lowest BCUT2D eigenvalue weighted by molar-refractivity contribution is -0.135. The van der Waals surface area contributed by atoms with Crippen LogP contribution in [-0.4, -0.2) is 56.8 Å². The molecule has 1 fully saturated rings. The van der Waals surface area contributed by atoms with Crippen molar-refractivity contribution in [2.45, 2.75) is 18.9 Å². The van der Waals surface area contributed by atoms with E-state index in [9.17, 15) is 9.18 Å². The van der Waals surface area contributed by atoms with E-state index >= 15 is 0 Å². The molecule has 0 saturated carbocycles. The molecule has 1 saturated heterocycles. The number of nitrogens with one attached hydrogen (secondary N) is 2. The summed E-state index contributed by atoms with van der Waals surface area (Å²) < 4.78 is 15.6. The van der Waals surface area contributed by atoms with Crippen molar-refractivity contribution in [3.8, 4) is 11.4 Å². The molecule has 10 heteroatoms. The molecule has 1 aliphatic rings. The molecule has 3 N–H and O–H groups in total. The van der Waals surface area contributed by atoms with E-state index in [0.29, 0.717) is 30.2 Å². The molecule has 3 aromatic heterocycles. The van der Waals surface area contributed by atoms with Gasteiger partial charge < -0.3 is 20.6 Å². The van der Waals surface area contributed by atoms with E-state index in [1.165, 1.54) is 6.07 Å². The van der Waals surface area contributed by atoms with Gasteiger partial charge in [0.15, 0.2) is 5.65 Å². The van der Waals surface area contributed by atoms with Crippen LogP contribution in [-0.2, 0) is 4.79 Å². The van der Waals surface area contributed by atoms with E-state index in [1.54, 1.807) is 22.8 Å². The fourth-order valence-electron chi connectivity index (χ4n) is 4.44. The number of fused-ring (bicyclic) bond motifs is 1. The number of halogens is 1. The van der Waals surface area contributed by atoms with E-state index in [1.807, 2.05) is 36.4 Å². The Labute approximate surface area is 201 Å². The lowest BCUT2D eigenvalue weighted by Crippen LogP contribution is -2.27. The molecule has 0 spiro atoms. The Morgan fingerprint density at radius 3 is 2.89 bits per heavy atom. The highest BCUT2D eigenvalue weighted by atomic mass is 19.1. The highest BCUT2D eigenvalue weighted by molar-refractivity contribution is 5.69. The second-order valence-corrected chi connectivity index (χ2v) is 8.42.